The zero-order valence-electron chi connectivity index (χ0n) is 17.9. The van der Waals surface area contributed by atoms with Crippen molar-refractivity contribution in [3.05, 3.63) is 59.4 Å². The Bertz CT molecular complexity index is 984. The van der Waals surface area contributed by atoms with Crippen LogP contribution >= 0.6 is 0 Å². The number of amides is 1. The van der Waals surface area contributed by atoms with Crippen LogP contribution in [0, 0.1) is 11.7 Å². The molecule has 1 aliphatic carbocycles. The van der Waals surface area contributed by atoms with Crippen molar-refractivity contribution in [1.29, 1.82) is 0 Å². The summed E-state index contributed by atoms with van der Waals surface area (Å²) in [5.74, 6) is -1.68. The van der Waals surface area contributed by atoms with Crippen LogP contribution in [0.5, 0.6) is 0 Å². The summed E-state index contributed by atoms with van der Waals surface area (Å²) < 4.78 is 13.3. The molecule has 158 valence electrons. The first-order chi connectivity index (χ1) is 14.5. The van der Waals surface area contributed by atoms with Gasteiger partial charge in [-0.25, -0.2) is 4.39 Å². The first kappa shape index (κ1) is 23.9. The summed E-state index contributed by atoms with van der Waals surface area (Å²) in [6, 6.07) is 11.0. The molecule has 2 aliphatic rings. The van der Waals surface area contributed by atoms with Crippen LogP contribution in [0.4, 0.5) is 4.39 Å². The molecule has 2 aromatic rings. The SMILES string of the molecule is O=C(C=C1CCC(C(=O)[O-])CC1)N[C@@H]1CCN(Cc2ccc3cc(F)ccc3c2)C1.[Na+]. The van der Waals surface area contributed by atoms with Crippen LogP contribution in [0.15, 0.2) is 48.0 Å². The molecule has 1 heterocycles. The van der Waals surface area contributed by atoms with E-state index in [-0.39, 0.29) is 53.2 Å². The molecule has 0 unspecified atom stereocenters. The predicted molar refractivity (Wildman–Crippen MR) is 111 cm³/mol. The van der Waals surface area contributed by atoms with Crippen molar-refractivity contribution >= 4 is 22.6 Å². The second-order valence-electron chi connectivity index (χ2n) is 8.45. The average molecular weight is 432 g/mol. The van der Waals surface area contributed by atoms with Crippen molar-refractivity contribution in [2.45, 2.75) is 44.7 Å². The smallest absolute Gasteiger partial charge is 0.550 e. The second-order valence-corrected chi connectivity index (χ2v) is 8.45. The number of allylic oxidation sites excluding steroid dienone is 1. The fourth-order valence-corrected chi connectivity index (χ4v) is 4.51. The molecule has 5 nitrogen and oxygen atoms in total. The van der Waals surface area contributed by atoms with Crippen LogP contribution in [-0.2, 0) is 16.1 Å². The Balaban J connectivity index is 0.00000272. The van der Waals surface area contributed by atoms with E-state index >= 15 is 0 Å². The summed E-state index contributed by atoms with van der Waals surface area (Å²) in [7, 11) is 0. The minimum atomic E-state index is -0.983. The molecule has 31 heavy (non-hydrogen) atoms. The van der Waals surface area contributed by atoms with Gasteiger partial charge in [0.1, 0.15) is 5.82 Å². The van der Waals surface area contributed by atoms with Crippen molar-refractivity contribution in [2.75, 3.05) is 13.1 Å². The quantitative estimate of drug-likeness (QED) is 0.513. The molecule has 1 saturated carbocycles. The Morgan fingerprint density at radius 1 is 1.10 bits per heavy atom. The number of carbonyl (C=O) groups is 2. The molecule has 1 amide bonds. The van der Waals surface area contributed by atoms with Gasteiger partial charge in [-0.15, -0.1) is 0 Å². The molecule has 4 rings (SSSR count). The van der Waals surface area contributed by atoms with Crippen molar-refractivity contribution in [1.82, 2.24) is 10.2 Å². The fraction of sp³-hybridized carbons (Fsp3) is 0.417. The van der Waals surface area contributed by atoms with Crippen LogP contribution in [0.1, 0.15) is 37.7 Å². The average Bonchev–Trinajstić information content (AvgIpc) is 3.15. The summed E-state index contributed by atoms with van der Waals surface area (Å²) in [6.07, 6.45) is 4.95. The Hall–Kier alpha value is -1.73. The van der Waals surface area contributed by atoms with E-state index in [1.165, 1.54) is 11.6 Å². The number of nitrogens with one attached hydrogen (secondary N) is 1. The Morgan fingerprint density at radius 2 is 1.81 bits per heavy atom. The molecule has 1 N–H and O–H groups in total. The Morgan fingerprint density at radius 3 is 2.55 bits per heavy atom. The maximum atomic E-state index is 13.3. The van der Waals surface area contributed by atoms with E-state index in [0.29, 0.717) is 25.7 Å². The normalized spacial score (nSPS) is 21.5. The number of fused-ring (bicyclic) bond motifs is 1. The number of hydrogen-bond donors (Lipinski definition) is 1. The number of carboxylic acid groups (broad SMARTS) is 1. The third-order valence-electron chi connectivity index (χ3n) is 6.19. The van der Waals surface area contributed by atoms with Crippen molar-refractivity contribution in [3.8, 4) is 0 Å². The molecule has 7 heteroatoms. The molecule has 2 aromatic carbocycles. The molecule has 0 spiro atoms. The predicted octanol–water partition coefficient (Wildman–Crippen LogP) is -0.460. The number of halogens is 1. The van der Waals surface area contributed by atoms with Gasteiger partial charge in [-0.05, 0) is 72.6 Å². The minimum absolute atomic E-state index is 0. The van der Waals surface area contributed by atoms with E-state index in [1.807, 2.05) is 12.1 Å². The topological polar surface area (TPSA) is 72.5 Å². The minimum Gasteiger partial charge on any atom is -0.550 e. The van der Waals surface area contributed by atoms with E-state index in [0.717, 1.165) is 42.4 Å². The van der Waals surface area contributed by atoms with E-state index in [4.69, 9.17) is 0 Å². The molecule has 0 bridgehead atoms. The van der Waals surface area contributed by atoms with Crippen LogP contribution in [-0.4, -0.2) is 35.9 Å². The first-order valence-corrected chi connectivity index (χ1v) is 10.6. The third-order valence-corrected chi connectivity index (χ3v) is 6.19. The van der Waals surface area contributed by atoms with E-state index in [9.17, 15) is 19.1 Å². The number of carboxylic acids is 1. The molecular formula is C24H26FN2NaO3. The van der Waals surface area contributed by atoms with E-state index in [2.05, 4.69) is 16.3 Å². The van der Waals surface area contributed by atoms with Gasteiger partial charge < -0.3 is 15.2 Å². The monoisotopic (exact) mass is 432 g/mol. The Labute approximate surface area is 204 Å². The summed E-state index contributed by atoms with van der Waals surface area (Å²) in [5.41, 5.74) is 2.19. The molecule has 1 aliphatic heterocycles. The number of aliphatic carboxylic acids is 1. The van der Waals surface area contributed by atoms with Crippen LogP contribution in [0.3, 0.4) is 0 Å². The van der Waals surface area contributed by atoms with Gasteiger partial charge in [0.2, 0.25) is 5.91 Å². The Kier molecular flexibility index (Phi) is 8.28. The van der Waals surface area contributed by atoms with Crippen molar-refractivity contribution in [2.24, 2.45) is 5.92 Å². The van der Waals surface area contributed by atoms with Crippen LogP contribution in [0.2, 0.25) is 0 Å². The van der Waals surface area contributed by atoms with Gasteiger partial charge in [-0.1, -0.05) is 23.8 Å². The number of likely N-dealkylation sites (tertiary alicyclic amines) is 1. The first-order valence-electron chi connectivity index (χ1n) is 10.6. The van der Waals surface area contributed by atoms with Gasteiger partial charge in [0.05, 0.1) is 0 Å². The summed E-state index contributed by atoms with van der Waals surface area (Å²) in [5, 5.41) is 15.9. The van der Waals surface area contributed by atoms with Gasteiger partial charge in [0.15, 0.2) is 0 Å². The van der Waals surface area contributed by atoms with Gasteiger partial charge in [-0.3, -0.25) is 9.69 Å². The van der Waals surface area contributed by atoms with Crippen LogP contribution in [0.25, 0.3) is 10.8 Å². The van der Waals surface area contributed by atoms with Gasteiger partial charge in [0.25, 0.3) is 0 Å². The second kappa shape index (κ2) is 10.7. The number of hydrogen-bond acceptors (Lipinski definition) is 4. The van der Waals surface area contributed by atoms with Gasteiger partial charge in [0, 0.05) is 37.7 Å². The fourth-order valence-electron chi connectivity index (χ4n) is 4.51. The zero-order valence-corrected chi connectivity index (χ0v) is 19.9. The van der Waals surface area contributed by atoms with E-state index in [1.54, 1.807) is 18.2 Å². The van der Waals surface area contributed by atoms with Gasteiger partial charge >= 0.3 is 29.6 Å². The standard InChI is InChI=1S/C24H27FN2O3.Na/c25-21-8-7-19-11-17(3-6-20(19)13-21)14-27-10-9-22(15-27)26-23(28)12-16-1-4-18(5-2-16)24(29)30;/h3,6-8,11-13,18,22H,1-2,4-5,9-10,14-15H2,(H,26,28)(H,29,30);/q;+1/p-1/t18?,22-;/m1./s1. The maximum absolute atomic E-state index is 13.3. The summed E-state index contributed by atoms with van der Waals surface area (Å²) >= 11 is 0. The number of rotatable bonds is 5. The summed E-state index contributed by atoms with van der Waals surface area (Å²) in [6.45, 7) is 2.50. The maximum Gasteiger partial charge on any atom is 1.00 e. The largest absolute Gasteiger partial charge is 1.00 e. The number of carbonyl (C=O) groups excluding carboxylic acids is 2. The van der Waals surface area contributed by atoms with Crippen molar-refractivity contribution < 1.29 is 48.6 Å². The third kappa shape index (κ3) is 6.39. The molecule has 0 aromatic heterocycles. The van der Waals surface area contributed by atoms with Crippen LogP contribution < -0.4 is 40.0 Å². The van der Waals surface area contributed by atoms with Crippen molar-refractivity contribution in [3.63, 3.8) is 0 Å². The number of benzene rings is 2. The summed E-state index contributed by atoms with van der Waals surface area (Å²) in [4.78, 5) is 25.6. The molecule has 1 saturated heterocycles. The zero-order chi connectivity index (χ0) is 21.1. The molecule has 0 radical (unpaired) electrons. The molecule has 1 atom stereocenters. The number of nitrogens with zero attached hydrogens (tertiary/aromatic N) is 1. The van der Waals surface area contributed by atoms with Gasteiger partial charge in [-0.2, -0.15) is 0 Å². The van der Waals surface area contributed by atoms with E-state index < -0.39 is 5.97 Å². The molecular weight excluding hydrogens is 406 g/mol. The molecule has 2 fully saturated rings.